The highest BCUT2D eigenvalue weighted by atomic mass is 16.5. The molecule has 4 rings (SSSR count). The van der Waals surface area contributed by atoms with E-state index in [2.05, 4.69) is 37.6 Å². The Morgan fingerprint density at radius 2 is 1.84 bits per heavy atom. The fraction of sp³-hybridized carbons (Fsp3) is 0.261. The number of aromatic hydroxyl groups is 1. The van der Waals surface area contributed by atoms with Crippen LogP contribution in [0.4, 0.5) is 23.0 Å². The number of rotatable bonds is 6. The maximum Gasteiger partial charge on any atom is 0.241 e. The summed E-state index contributed by atoms with van der Waals surface area (Å²) in [5.41, 5.74) is 9.10. The predicted octanol–water partition coefficient (Wildman–Crippen LogP) is 2.72. The molecule has 0 spiro atoms. The summed E-state index contributed by atoms with van der Waals surface area (Å²) < 4.78 is 5.40. The number of hydrogen-bond acceptors (Lipinski definition) is 8. The second kappa shape index (κ2) is 9.63. The van der Waals surface area contributed by atoms with Gasteiger partial charge in [-0.25, -0.2) is 9.97 Å². The van der Waals surface area contributed by atoms with Crippen LogP contribution in [-0.2, 0) is 9.53 Å². The molecule has 0 radical (unpaired) electrons. The summed E-state index contributed by atoms with van der Waals surface area (Å²) in [4.78, 5) is 22.8. The van der Waals surface area contributed by atoms with Crippen LogP contribution < -0.4 is 21.3 Å². The summed E-state index contributed by atoms with van der Waals surface area (Å²) in [5.74, 6) is 0.0765. The van der Waals surface area contributed by atoms with E-state index < -0.39 is 6.04 Å². The molecule has 1 amide bonds. The van der Waals surface area contributed by atoms with Gasteiger partial charge in [-0.3, -0.25) is 4.79 Å². The Bertz CT molecular complexity index is 1080. The molecule has 5 N–H and O–H groups in total. The maximum absolute atomic E-state index is 11.8. The lowest BCUT2D eigenvalue weighted by molar-refractivity contribution is -0.117. The van der Waals surface area contributed by atoms with Crippen molar-refractivity contribution in [3.8, 4) is 17.0 Å². The smallest absolute Gasteiger partial charge is 0.241 e. The SMILES string of the molecule is C[C@@H](N)C(=O)Nc1ccc(-c2ccnc(Nc3ccc(N4CCOCC4)cc3)n2)c(O)c1. The van der Waals surface area contributed by atoms with Crippen molar-refractivity contribution < 1.29 is 14.6 Å². The molecule has 0 unspecified atom stereocenters. The van der Waals surface area contributed by atoms with Gasteiger partial charge >= 0.3 is 0 Å². The first-order valence-corrected chi connectivity index (χ1v) is 10.4. The largest absolute Gasteiger partial charge is 0.507 e. The first-order chi connectivity index (χ1) is 15.5. The van der Waals surface area contributed by atoms with E-state index in [9.17, 15) is 9.90 Å². The molecule has 32 heavy (non-hydrogen) atoms. The van der Waals surface area contributed by atoms with Crippen LogP contribution in [0.3, 0.4) is 0 Å². The van der Waals surface area contributed by atoms with Gasteiger partial charge in [-0.2, -0.15) is 0 Å². The third-order valence-electron chi connectivity index (χ3n) is 5.11. The third-order valence-corrected chi connectivity index (χ3v) is 5.11. The van der Waals surface area contributed by atoms with Crippen LogP contribution in [0.25, 0.3) is 11.3 Å². The van der Waals surface area contributed by atoms with Gasteiger partial charge in [-0.05, 0) is 49.4 Å². The van der Waals surface area contributed by atoms with Crippen molar-refractivity contribution in [3.05, 3.63) is 54.7 Å². The van der Waals surface area contributed by atoms with E-state index >= 15 is 0 Å². The zero-order valence-electron chi connectivity index (χ0n) is 17.8. The van der Waals surface area contributed by atoms with Crippen molar-refractivity contribution in [2.24, 2.45) is 5.73 Å². The van der Waals surface area contributed by atoms with Gasteiger partial charge in [0, 0.05) is 48.0 Å². The number of ether oxygens (including phenoxy) is 1. The molecule has 1 fully saturated rings. The van der Waals surface area contributed by atoms with E-state index in [0.717, 1.165) is 37.7 Å². The number of benzene rings is 2. The van der Waals surface area contributed by atoms with Crippen molar-refractivity contribution >= 4 is 28.9 Å². The summed E-state index contributed by atoms with van der Waals surface area (Å²) in [6, 6.07) is 14.0. The molecular formula is C23H26N6O3. The van der Waals surface area contributed by atoms with E-state index in [-0.39, 0.29) is 11.7 Å². The standard InChI is InChI=1S/C23H26N6O3/c1-15(24)22(31)26-17-4-7-19(21(30)14-17)20-8-9-25-23(28-20)27-16-2-5-18(6-3-16)29-10-12-32-13-11-29/h2-9,14-15,30H,10-13,24H2,1H3,(H,26,31)(H,25,27,28)/t15-/m1/s1. The van der Waals surface area contributed by atoms with E-state index in [0.29, 0.717) is 22.9 Å². The minimum Gasteiger partial charge on any atom is -0.507 e. The van der Waals surface area contributed by atoms with Gasteiger partial charge in [-0.15, -0.1) is 0 Å². The van der Waals surface area contributed by atoms with Gasteiger partial charge in [0.25, 0.3) is 0 Å². The maximum atomic E-state index is 11.8. The predicted molar refractivity (Wildman–Crippen MR) is 124 cm³/mol. The van der Waals surface area contributed by atoms with Gasteiger partial charge in [0.05, 0.1) is 24.9 Å². The summed E-state index contributed by atoms with van der Waals surface area (Å²) >= 11 is 0. The van der Waals surface area contributed by atoms with Crippen LogP contribution in [0.1, 0.15) is 6.92 Å². The number of morpholine rings is 1. The number of nitrogens with one attached hydrogen (secondary N) is 2. The molecule has 1 aliphatic heterocycles. The second-order valence-electron chi connectivity index (χ2n) is 7.55. The normalized spacial score (nSPS) is 14.6. The lowest BCUT2D eigenvalue weighted by atomic mass is 10.1. The molecule has 3 aromatic rings. The van der Waals surface area contributed by atoms with Crippen LogP contribution in [0, 0.1) is 0 Å². The van der Waals surface area contributed by atoms with Gasteiger partial charge < -0.3 is 31.1 Å². The molecule has 1 aromatic heterocycles. The molecule has 2 aromatic carbocycles. The number of amides is 1. The van der Waals surface area contributed by atoms with Crippen molar-refractivity contribution in [3.63, 3.8) is 0 Å². The van der Waals surface area contributed by atoms with Crippen LogP contribution in [0.2, 0.25) is 0 Å². The van der Waals surface area contributed by atoms with Gasteiger partial charge in [0.15, 0.2) is 0 Å². The van der Waals surface area contributed by atoms with Crippen molar-refractivity contribution in [2.75, 3.05) is 41.8 Å². The Balaban J connectivity index is 1.47. The van der Waals surface area contributed by atoms with Crippen molar-refractivity contribution in [1.29, 1.82) is 0 Å². The molecule has 9 nitrogen and oxygen atoms in total. The van der Waals surface area contributed by atoms with E-state index in [4.69, 9.17) is 10.5 Å². The Kier molecular flexibility index (Phi) is 6.48. The minimum atomic E-state index is -0.643. The fourth-order valence-corrected chi connectivity index (χ4v) is 3.36. The van der Waals surface area contributed by atoms with E-state index in [1.54, 1.807) is 31.3 Å². The van der Waals surface area contributed by atoms with Gasteiger partial charge in [0.1, 0.15) is 5.75 Å². The molecule has 2 heterocycles. The highest BCUT2D eigenvalue weighted by Crippen LogP contribution is 2.31. The molecule has 1 aliphatic rings. The third kappa shape index (κ3) is 5.13. The Hall–Kier alpha value is -3.69. The summed E-state index contributed by atoms with van der Waals surface area (Å²) in [6.45, 7) is 4.85. The van der Waals surface area contributed by atoms with Crippen LogP contribution in [0.15, 0.2) is 54.7 Å². The molecule has 0 saturated carbocycles. The lowest BCUT2D eigenvalue weighted by Gasteiger charge is -2.28. The molecular weight excluding hydrogens is 408 g/mol. The van der Waals surface area contributed by atoms with Crippen molar-refractivity contribution in [1.82, 2.24) is 9.97 Å². The van der Waals surface area contributed by atoms with Crippen LogP contribution in [-0.4, -0.2) is 53.3 Å². The highest BCUT2D eigenvalue weighted by Gasteiger charge is 2.13. The number of phenolic OH excluding ortho intramolecular Hbond substituents is 1. The summed E-state index contributed by atoms with van der Waals surface area (Å²) in [5, 5.41) is 16.3. The molecule has 0 aliphatic carbocycles. The number of aromatic nitrogens is 2. The minimum absolute atomic E-state index is 0.00742. The average Bonchev–Trinajstić information content (AvgIpc) is 2.80. The zero-order chi connectivity index (χ0) is 22.5. The van der Waals surface area contributed by atoms with Crippen LogP contribution in [0.5, 0.6) is 5.75 Å². The molecule has 1 saturated heterocycles. The number of anilines is 4. The van der Waals surface area contributed by atoms with Gasteiger partial charge in [-0.1, -0.05) is 0 Å². The number of nitrogens with zero attached hydrogens (tertiary/aromatic N) is 3. The number of phenols is 1. The molecule has 166 valence electrons. The lowest BCUT2D eigenvalue weighted by Crippen LogP contribution is -2.36. The zero-order valence-corrected chi connectivity index (χ0v) is 17.8. The van der Waals surface area contributed by atoms with Crippen molar-refractivity contribution in [2.45, 2.75) is 13.0 Å². The number of hydrogen-bond donors (Lipinski definition) is 4. The quantitative estimate of drug-likeness (QED) is 0.467. The summed E-state index contributed by atoms with van der Waals surface area (Å²) in [7, 11) is 0. The highest BCUT2D eigenvalue weighted by molar-refractivity contribution is 5.95. The fourth-order valence-electron chi connectivity index (χ4n) is 3.36. The molecule has 0 bridgehead atoms. The molecule has 9 heteroatoms. The average molecular weight is 435 g/mol. The second-order valence-corrected chi connectivity index (χ2v) is 7.55. The Labute approximate surface area is 186 Å². The van der Waals surface area contributed by atoms with Crippen LogP contribution >= 0.6 is 0 Å². The van der Waals surface area contributed by atoms with Gasteiger partial charge in [0.2, 0.25) is 11.9 Å². The first-order valence-electron chi connectivity index (χ1n) is 10.4. The summed E-state index contributed by atoms with van der Waals surface area (Å²) in [6.07, 6.45) is 1.62. The number of carbonyl (C=O) groups is 1. The number of carbonyl (C=O) groups excluding carboxylic acids is 1. The first kappa shape index (κ1) is 21.5. The molecule has 1 atom stereocenters. The monoisotopic (exact) mass is 434 g/mol. The van der Waals surface area contributed by atoms with E-state index in [1.807, 2.05) is 12.1 Å². The number of nitrogens with two attached hydrogens (primary N) is 1. The van der Waals surface area contributed by atoms with E-state index in [1.165, 1.54) is 6.07 Å². The topological polar surface area (TPSA) is 126 Å². The Morgan fingerprint density at radius 1 is 1.12 bits per heavy atom. The Morgan fingerprint density at radius 3 is 2.53 bits per heavy atom.